The van der Waals surface area contributed by atoms with Crippen LogP contribution < -0.4 is 0 Å². The normalized spacial score (nSPS) is 27.6. The van der Waals surface area contributed by atoms with Crippen molar-refractivity contribution in [2.24, 2.45) is 0 Å². The first-order valence-electron chi connectivity index (χ1n) is 4.09. The highest BCUT2D eigenvalue weighted by atomic mass is 32.2. The number of hydrogen-bond acceptors (Lipinski definition) is 4. The Hall–Kier alpha value is -0.550. The molecule has 0 spiro atoms. The lowest BCUT2D eigenvalue weighted by Crippen LogP contribution is -2.39. The fourth-order valence-corrected chi connectivity index (χ4v) is 2.89. The molecule has 0 aromatic rings. The molecule has 0 saturated heterocycles. The molecular formula is C8H15NO3S. The predicted octanol–water partition coefficient (Wildman–Crippen LogP) is 0.571. The zero-order valence-electron chi connectivity index (χ0n) is 8.36. The largest absolute Gasteiger partial charge is 0.387 e. The Kier molecular flexibility index (Phi) is 2.68. The van der Waals surface area contributed by atoms with Gasteiger partial charge in [0.25, 0.3) is 0 Å². The quantitative estimate of drug-likeness (QED) is 0.587. The summed E-state index contributed by atoms with van der Waals surface area (Å²) in [6, 6.07) is -0.0567. The molecule has 0 aromatic carbocycles. The van der Waals surface area contributed by atoms with Gasteiger partial charge >= 0.3 is 10.1 Å². The van der Waals surface area contributed by atoms with Gasteiger partial charge in [0.1, 0.15) is 11.5 Å². The maximum absolute atomic E-state index is 11.2. The maximum Gasteiger partial charge on any atom is 0.310 e. The van der Waals surface area contributed by atoms with E-state index >= 15 is 0 Å². The Morgan fingerprint density at radius 2 is 1.92 bits per heavy atom. The second-order valence-corrected chi connectivity index (χ2v) is 5.14. The summed E-state index contributed by atoms with van der Waals surface area (Å²) >= 11 is 0. The van der Waals surface area contributed by atoms with Crippen LogP contribution in [0.1, 0.15) is 13.8 Å². The van der Waals surface area contributed by atoms with Gasteiger partial charge < -0.3 is 9.08 Å². The van der Waals surface area contributed by atoms with E-state index in [-0.39, 0.29) is 11.8 Å². The maximum atomic E-state index is 11.2. The first-order valence-corrected chi connectivity index (χ1v) is 5.67. The molecule has 0 aliphatic carbocycles. The monoisotopic (exact) mass is 205 g/mol. The number of nitrogens with zero attached hydrogens (tertiary/aromatic N) is 1. The van der Waals surface area contributed by atoms with Crippen molar-refractivity contribution in [2.45, 2.75) is 19.9 Å². The van der Waals surface area contributed by atoms with Crippen molar-refractivity contribution >= 4 is 10.1 Å². The smallest absolute Gasteiger partial charge is 0.310 e. The van der Waals surface area contributed by atoms with Crippen molar-refractivity contribution < 1.29 is 12.6 Å². The van der Waals surface area contributed by atoms with Gasteiger partial charge in [0.15, 0.2) is 0 Å². The molecule has 0 radical (unpaired) electrons. The second kappa shape index (κ2) is 3.31. The van der Waals surface area contributed by atoms with Gasteiger partial charge in [-0.2, -0.15) is 8.42 Å². The summed E-state index contributed by atoms with van der Waals surface area (Å²) in [6.07, 6.45) is 0. The van der Waals surface area contributed by atoms with E-state index in [1.165, 1.54) is 0 Å². The molecule has 0 N–H and O–H groups in total. The third kappa shape index (κ3) is 2.22. The molecule has 1 heterocycles. The van der Waals surface area contributed by atoms with Gasteiger partial charge in [-0.3, -0.25) is 0 Å². The van der Waals surface area contributed by atoms with Crippen LogP contribution in [0.3, 0.4) is 0 Å². The lowest BCUT2D eigenvalue weighted by atomic mass is 10.1. The fraction of sp³-hybridized carbons (Fsp3) is 0.750. The first kappa shape index (κ1) is 10.5. The molecule has 0 amide bonds. The van der Waals surface area contributed by atoms with Gasteiger partial charge in [0, 0.05) is 0 Å². The average Bonchev–Trinajstić information content (AvgIpc) is 1.95. The highest BCUT2D eigenvalue weighted by molar-refractivity contribution is 7.86. The summed E-state index contributed by atoms with van der Waals surface area (Å²) in [5.41, 5.74) is 0.986. The Morgan fingerprint density at radius 1 is 1.38 bits per heavy atom. The topological polar surface area (TPSA) is 46.6 Å². The zero-order chi connectivity index (χ0) is 10.2. The van der Waals surface area contributed by atoms with Crippen molar-refractivity contribution in [1.29, 1.82) is 0 Å². The summed E-state index contributed by atoms with van der Waals surface area (Å²) in [5.74, 6) is 0.549. The van der Waals surface area contributed by atoms with Gasteiger partial charge in [-0.25, -0.2) is 0 Å². The molecule has 5 heteroatoms. The van der Waals surface area contributed by atoms with Crippen LogP contribution in [0.2, 0.25) is 0 Å². The van der Waals surface area contributed by atoms with Crippen LogP contribution in [0.25, 0.3) is 0 Å². The Balaban J connectivity index is 3.06. The van der Waals surface area contributed by atoms with Crippen LogP contribution in [0.15, 0.2) is 11.3 Å². The molecule has 76 valence electrons. The van der Waals surface area contributed by atoms with E-state index in [9.17, 15) is 8.42 Å². The van der Waals surface area contributed by atoms with E-state index in [1.54, 1.807) is 6.92 Å². The van der Waals surface area contributed by atoms with Crippen LogP contribution in [-0.2, 0) is 14.3 Å². The fourth-order valence-electron chi connectivity index (χ4n) is 1.38. The highest BCUT2D eigenvalue weighted by Gasteiger charge is 2.30. The van der Waals surface area contributed by atoms with E-state index < -0.39 is 10.1 Å². The molecule has 1 atom stereocenters. The third-order valence-corrected chi connectivity index (χ3v) is 3.52. The van der Waals surface area contributed by atoms with E-state index in [2.05, 4.69) is 0 Å². The van der Waals surface area contributed by atoms with Crippen molar-refractivity contribution in [1.82, 2.24) is 4.90 Å². The number of hydrogen-bond donors (Lipinski definition) is 0. The van der Waals surface area contributed by atoms with Gasteiger partial charge in [0.05, 0.1) is 6.04 Å². The standard InChI is InChI=1S/C8H15NO3S/c1-6-7(2)12-13(10,11)5-8(6)9(3)4/h8H,5H2,1-4H3/t8-/m0/s1. The molecule has 0 saturated carbocycles. The third-order valence-electron chi connectivity index (χ3n) is 2.29. The van der Waals surface area contributed by atoms with E-state index in [1.807, 2.05) is 25.9 Å². The lowest BCUT2D eigenvalue weighted by molar-refractivity contribution is 0.304. The van der Waals surface area contributed by atoms with Crippen LogP contribution in [0, 0.1) is 0 Å². The van der Waals surface area contributed by atoms with Crippen LogP contribution in [-0.4, -0.2) is 39.2 Å². The second-order valence-electron chi connectivity index (χ2n) is 3.53. The summed E-state index contributed by atoms with van der Waals surface area (Å²) < 4.78 is 27.3. The summed E-state index contributed by atoms with van der Waals surface area (Å²) in [5, 5.41) is 0. The minimum absolute atomic E-state index is 0.0448. The van der Waals surface area contributed by atoms with Gasteiger partial charge in [0.2, 0.25) is 0 Å². The lowest BCUT2D eigenvalue weighted by Gasteiger charge is -2.29. The van der Waals surface area contributed by atoms with Crippen molar-refractivity contribution in [2.75, 3.05) is 19.8 Å². The first-order chi connectivity index (χ1) is 5.83. The molecular weight excluding hydrogens is 190 g/mol. The number of allylic oxidation sites excluding steroid dienone is 1. The Labute approximate surface area is 79.3 Å². The SMILES string of the molecule is CC1=C(C)[C@@H](N(C)C)CS(=O)(=O)O1. The van der Waals surface area contributed by atoms with E-state index in [0.29, 0.717) is 5.76 Å². The highest BCUT2D eigenvalue weighted by Crippen LogP contribution is 2.23. The van der Waals surface area contributed by atoms with Crippen molar-refractivity contribution in [3.63, 3.8) is 0 Å². The molecule has 0 bridgehead atoms. The van der Waals surface area contributed by atoms with Crippen molar-refractivity contribution in [3.05, 3.63) is 11.3 Å². The van der Waals surface area contributed by atoms with Crippen LogP contribution in [0.5, 0.6) is 0 Å². The minimum Gasteiger partial charge on any atom is -0.387 e. The summed E-state index contributed by atoms with van der Waals surface area (Å²) in [7, 11) is 0.368. The summed E-state index contributed by atoms with van der Waals surface area (Å²) in [4.78, 5) is 1.89. The Bertz CT molecular complexity index is 329. The number of likely N-dealkylation sites (N-methyl/N-ethyl adjacent to an activating group) is 1. The van der Waals surface area contributed by atoms with Crippen LogP contribution in [0.4, 0.5) is 0 Å². The van der Waals surface area contributed by atoms with E-state index in [4.69, 9.17) is 4.18 Å². The number of rotatable bonds is 1. The molecule has 1 aliphatic rings. The average molecular weight is 205 g/mol. The van der Waals surface area contributed by atoms with Gasteiger partial charge in [-0.15, -0.1) is 0 Å². The minimum atomic E-state index is -3.36. The van der Waals surface area contributed by atoms with Gasteiger partial charge in [-0.05, 0) is 33.5 Å². The van der Waals surface area contributed by atoms with E-state index in [0.717, 1.165) is 5.57 Å². The molecule has 0 unspecified atom stereocenters. The Morgan fingerprint density at radius 3 is 2.38 bits per heavy atom. The molecule has 13 heavy (non-hydrogen) atoms. The summed E-state index contributed by atoms with van der Waals surface area (Å²) in [6.45, 7) is 3.58. The zero-order valence-corrected chi connectivity index (χ0v) is 9.18. The van der Waals surface area contributed by atoms with Gasteiger partial charge in [-0.1, -0.05) is 0 Å². The molecule has 4 nitrogen and oxygen atoms in total. The molecule has 1 aliphatic heterocycles. The van der Waals surface area contributed by atoms with Crippen LogP contribution >= 0.6 is 0 Å². The van der Waals surface area contributed by atoms with Crippen molar-refractivity contribution in [3.8, 4) is 0 Å². The molecule has 0 aromatic heterocycles. The molecule has 1 rings (SSSR count). The molecule has 0 fully saturated rings. The predicted molar refractivity (Wildman–Crippen MR) is 50.7 cm³/mol.